The number of benzene rings is 12. The highest BCUT2D eigenvalue weighted by Crippen LogP contribution is 2.55. The van der Waals surface area contributed by atoms with Gasteiger partial charge in [0.2, 0.25) is 0 Å². The predicted octanol–water partition coefficient (Wildman–Crippen LogP) is 19.8. The second-order valence-corrected chi connectivity index (χ2v) is 30.2. The Labute approximate surface area is 566 Å². The lowest BCUT2D eigenvalue weighted by Gasteiger charge is -2.47. The normalized spacial score (nSPS) is 16.5. The van der Waals surface area contributed by atoms with Gasteiger partial charge in [0.05, 0.1) is 11.4 Å². The first-order valence-corrected chi connectivity index (χ1v) is 34.6. The van der Waals surface area contributed by atoms with Crippen LogP contribution in [0.3, 0.4) is 0 Å². The van der Waals surface area contributed by atoms with Crippen molar-refractivity contribution >= 4 is 132 Å². The van der Waals surface area contributed by atoms with E-state index >= 15 is 0 Å². The molecule has 0 unspecified atom stereocenters. The van der Waals surface area contributed by atoms with E-state index in [1.54, 1.807) is 0 Å². The molecule has 8 heteroatoms. The molecule has 0 amide bonds. The molecular weight excluding hydrogens is 1160 g/mol. The summed E-state index contributed by atoms with van der Waals surface area (Å²) >= 11 is 0. The molecular formula is C88H77B2N5O. The van der Waals surface area contributed by atoms with Crippen molar-refractivity contribution < 1.29 is 4.74 Å². The molecule has 0 N–H and O–H groups in total. The Morgan fingerprint density at radius 2 is 0.646 bits per heavy atom. The highest BCUT2D eigenvalue weighted by Gasteiger charge is 2.49. The van der Waals surface area contributed by atoms with E-state index in [2.05, 4.69) is 353 Å². The van der Waals surface area contributed by atoms with Gasteiger partial charge >= 0.3 is 0 Å². The molecule has 6 aliphatic rings. The molecule has 0 spiro atoms. The van der Waals surface area contributed by atoms with Gasteiger partial charge in [-0.15, -0.1) is 0 Å². The van der Waals surface area contributed by atoms with E-state index in [0.717, 1.165) is 128 Å². The van der Waals surface area contributed by atoms with Crippen LogP contribution in [0.25, 0.3) is 0 Å². The van der Waals surface area contributed by atoms with Crippen LogP contribution in [0.15, 0.2) is 273 Å². The Morgan fingerprint density at radius 1 is 0.271 bits per heavy atom. The Bertz CT molecular complexity index is 5090. The lowest BCUT2D eigenvalue weighted by atomic mass is 9.30. The summed E-state index contributed by atoms with van der Waals surface area (Å²) in [7, 11) is 0. The van der Waals surface area contributed by atoms with Gasteiger partial charge in [0.15, 0.2) is 0 Å². The van der Waals surface area contributed by atoms with Gasteiger partial charge in [-0.1, -0.05) is 201 Å². The number of rotatable bonds is 9. The minimum absolute atomic E-state index is 0.000864. The van der Waals surface area contributed by atoms with Crippen molar-refractivity contribution in [2.75, 3.05) is 24.5 Å². The summed E-state index contributed by atoms with van der Waals surface area (Å²) in [6.45, 7) is 19.1. The van der Waals surface area contributed by atoms with Crippen LogP contribution in [-0.4, -0.2) is 13.4 Å². The second-order valence-electron chi connectivity index (χ2n) is 30.2. The van der Waals surface area contributed by atoms with Crippen molar-refractivity contribution in [3.05, 3.63) is 295 Å². The Morgan fingerprint density at radius 3 is 1.12 bits per heavy atom. The first-order chi connectivity index (χ1) is 46.6. The van der Waals surface area contributed by atoms with Gasteiger partial charge in [0, 0.05) is 80.0 Å². The van der Waals surface area contributed by atoms with Crippen molar-refractivity contribution in [2.45, 2.75) is 103 Å². The van der Waals surface area contributed by atoms with Crippen LogP contribution in [0, 0.1) is 0 Å². The summed E-state index contributed by atoms with van der Waals surface area (Å²) < 4.78 is 7.41. The molecule has 12 aromatic carbocycles. The first-order valence-electron chi connectivity index (χ1n) is 34.6. The van der Waals surface area contributed by atoms with Crippen LogP contribution in [-0.2, 0) is 21.7 Å². The van der Waals surface area contributed by atoms with E-state index in [9.17, 15) is 0 Å². The van der Waals surface area contributed by atoms with Crippen LogP contribution in [0.1, 0.15) is 103 Å². The maximum atomic E-state index is 7.41. The topological polar surface area (TPSA) is 25.4 Å². The summed E-state index contributed by atoms with van der Waals surface area (Å²) in [6, 6.07) is 103. The molecule has 0 aromatic heterocycles. The van der Waals surface area contributed by atoms with Crippen LogP contribution >= 0.6 is 0 Å². The molecule has 466 valence electrons. The van der Waals surface area contributed by atoms with E-state index in [0.29, 0.717) is 0 Å². The van der Waals surface area contributed by atoms with Gasteiger partial charge in [-0.05, 0) is 224 Å². The number of para-hydroxylation sites is 7. The lowest BCUT2D eigenvalue weighted by Crippen LogP contribution is -2.64. The zero-order valence-electron chi connectivity index (χ0n) is 56.1. The third kappa shape index (κ3) is 9.00. The van der Waals surface area contributed by atoms with Gasteiger partial charge in [-0.25, -0.2) is 0 Å². The minimum atomic E-state index is -0.175. The monoisotopic (exact) mass is 1240 g/mol. The molecule has 96 heavy (non-hydrogen) atoms. The molecule has 0 saturated heterocycles. The molecule has 0 bridgehead atoms. The van der Waals surface area contributed by atoms with Crippen LogP contribution in [0.4, 0.5) is 85.3 Å². The Hall–Kier alpha value is -10.4. The summed E-state index contributed by atoms with van der Waals surface area (Å²) in [6.07, 6.45) is 4.56. The maximum Gasteiger partial charge on any atom is 0.256 e. The predicted molar refractivity (Wildman–Crippen MR) is 406 cm³/mol. The van der Waals surface area contributed by atoms with Crippen molar-refractivity contribution in [3.8, 4) is 11.5 Å². The van der Waals surface area contributed by atoms with E-state index < -0.39 is 0 Å². The third-order valence-electron chi connectivity index (χ3n) is 22.5. The molecule has 12 aromatic rings. The molecule has 2 aliphatic carbocycles. The Kier molecular flexibility index (Phi) is 13.1. The van der Waals surface area contributed by atoms with Crippen molar-refractivity contribution in [1.29, 1.82) is 0 Å². The smallest absolute Gasteiger partial charge is 0.256 e. The fraction of sp³-hybridized carbons (Fsp3) is 0.182. The van der Waals surface area contributed by atoms with E-state index in [1.165, 1.54) is 49.8 Å². The van der Waals surface area contributed by atoms with E-state index in [-0.39, 0.29) is 35.1 Å². The summed E-state index contributed by atoms with van der Waals surface area (Å²) in [5.74, 6) is 1.73. The molecule has 6 nitrogen and oxygen atoms in total. The first kappa shape index (κ1) is 58.2. The number of hydrogen-bond acceptors (Lipinski definition) is 6. The number of hydrogen-bond donors (Lipinski definition) is 0. The van der Waals surface area contributed by atoms with Crippen molar-refractivity contribution in [1.82, 2.24) is 0 Å². The van der Waals surface area contributed by atoms with Gasteiger partial charge < -0.3 is 29.2 Å². The van der Waals surface area contributed by atoms with E-state index in [1.807, 2.05) is 0 Å². The molecule has 4 aliphatic heterocycles. The van der Waals surface area contributed by atoms with Crippen LogP contribution < -0.4 is 62.0 Å². The Balaban J connectivity index is 0.919. The standard InChI is InChI=1S/C88H77B2N5O/c1-85(2)46-48-87(5,6)69-50-63(42-44-67(69)85)91(58-28-14-9-15-29-58)65-52-78-83-79(53-65)94(61-34-20-12-21-35-61)76-57-77-74(56-73(76)89(83)71-38-24-26-40-75(71)93(78)60-32-18-11-19-33-60)90-72-39-25-27-41-81(72)96-82-55-66(54-80(84(82)90)95(77)62-36-22-13-23-37-62)92(59-30-16-10-17-31-59)64-43-45-68-70(51-64)88(7,8)49-47-86(68,3)4/h9-45,50-57H,46-49H2,1-8H3. The minimum Gasteiger partial charge on any atom is -0.458 e. The van der Waals surface area contributed by atoms with Gasteiger partial charge in [-0.3, -0.25) is 0 Å². The summed E-state index contributed by atoms with van der Waals surface area (Å²) in [5.41, 5.74) is 29.9. The van der Waals surface area contributed by atoms with E-state index in [4.69, 9.17) is 4.74 Å². The number of ether oxygens (including phenoxy) is 1. The molecule has 18 rings (SSSR count). The van der Waals surface area contributed by atoms with Crippen molar-refractivity contribution in [3.63, 3.8) is 0 Å². The zero-order chi connectivity index (χ0) is 65.0. The number of fused-ring (bicyclic) bond motifs is 10. The zero-order valence-corrected chi connectivity index (χ0v) is 56.1. The van der Waals surface area contributed by atoms with Gasteiger partial charge in [-0.2, -0.15) is 0 Å². The average Bonchev–Trinajstić information content (AvgIpc) is 0.687. The highest BCUT2D eigenvalue weighted by molar-refractivity contribution is 7.02. The quantitative estimate of drug-likeness (QED) is 0.134. The fourth-order valence-corrected chi connectivity index (χ4v) is 17.4. The number of anilines is 15. The van der Waals surface area contributed by atoms with Gasteiger partial charge in [0.25, 0.3) is 13.4 Å². The average molecular weight is 1240 g/mol. The second kappa shape index (κ2) is 21.5. The third-order valence-corrected chi connectivity index (χ3v) is 22.5. The largest absolute Gasteiger partial charge is 0.458 e. The fourth-order valence-electron chi connectivity index (χ4n) is 17.4. The molecule has 4 heterocycles. The summed E-state index contributed by atoms with van der Waals surface area (Å²) in [4.78, 5) is 12.7. The SMILES string of the molecule is CC1(C)CCC(C)(C)c2cc(N(c3ccccc3)c3cc4c5c(c3)N(c3ccccc3)c3cc6c(cc3B5c3ccccc3O4)B3c4ccccc4N(c4ccccc4)c4cc(N(c5ccccc5)c5ccc7c(c5)C(C)(C)CCC7(C)C)cc(c43)N6c3ccccc3)ccc21. The molecule has 0 saturated carbocycles. The van der Waals surface area contributed by atoms with Crippen LogP contribution in [0.5, 0.6) is 11.5 Å². The molecule has 0 radical (unpaired) electrons. The summed E-state index contributed by atoms with van der Waals surface area (Å²) in [5, 5.41) is 0. The van der Waals surface area contributed by atoms with Crippen molar-refractivity contribution in [2.24, 2.45) is 0 Å². The highest BCUT2D eigenvalue weighted by atomic mass is 16.5. The lowest BCUT2D eigenvalue weighted by molar-refractivity contribution is 0.332. The maximum absolute atomic E-state index is 7.41. The van der Waals surface area contributed by atoms with Crippen LogP contribution in [0.2, 0.25) is 0 Å². The molecule has 0 fully saturated rings. The molecule has 0 atom stereocenters. The van der Waals surface area contributed by atoms with Gasteiger partial charge in [0.1, 0.15) is 11.5 Å². The number of nitrogens with zero attached hydrogens (tertiary/aromatic N) is 5.